The third-order valence-electron chi connectivity index (χ3n) is 6.96. The van der Waals surface area contributed by atoms with Crippen LogP contribution in [0.1, 0.15) is 27.0 Å². The van der Waals surface area contributed by atoms with Crippen LogP contribution in [0.5, 0.6) is 5.75 Å². The molecule has 0 aliphatic carbocycles. The van der Waals surface area contributed by atoms with Gasteiger partial charge >= 0.3 is 0 Å². The molecule has 0 spiro atoms. The molecule has 1 amide bonds. The number of carbonyl (C=O) groups excluding carboxylic acids is 1. The zero-order valence-corrected chi connectivity index (χ0v) is 21.4. The predicted molar refractivity (Wildman–Crippen MR) is 153 cm³/mol. The van der Waals surface area contributed by atoms with E-state index in [9.17, 15) is 4.79 Å². The van der Waals surface area contributed by atoms with Crippen molar-refractivity contribution in [3.05, 3.63) is 156 Å². The number of hydrogen-bond acceptors (Lipinski definition) is 4. The number of amides is 1. The average Bonchev–Trinajstić information content (AvgIpc) is 3.45. The lowest BCUT2D eigenvalue weighted by Crippen LogP contribution is -2.38. The number of benzene rings is 4. The van der Waals surface area contributed by atoms with E-state index in [-0.39, 0.29) is 5.91 Å². The van der Waals surface area contributed by atoms with Crippen molar-refractivity contribution >= 4 is 22.6 Å². The first-order valence-corrected chi connectivity index (χ1v) is 12.7. The minimum atomic E-state index is -0.816. The second-order valence-corrected chi connectivity index (χ2v) is 9.12. The fourth-order valence-electron chi connectivity index (χ4n) is 5.21. The van der Waals surface area contributed by atoms with Gasteiger partial charge in [0.05, 0.1) is 29.9 Å². The van der Waals surface area contributed by atoms with Crippen LogP contribution in [0, 0.1) is 0 Å². The van der Waals surface area contributed by atoms with Crippen LogP contribution < -0.4 is 10.1 Å². The van der Waals surface area contributed by atoms with Crippen LogP contribution in [0.3, 0.4) is 0 Å². The third-order valence-corrected chi connectivity index (χ3v) is 6.96. The summed E-state index contributed by atoms with van der Waals surface area (Å²) in [4.78, 5) is 18.0. The molecule has 6 aromatic rings. The molecular weight excluding hydrogens is 484 g/mol. The Bertz CT molecular complexity index is 1640. The molecule has 2 aromatic heterocycles. The molecule has 0 atom stereocenters. The summed E-state index contributed by atoms with van der Waals surface area (Å²) in [7, 11) is 1.55. The lowest BCUT2D eigenvalue weighted by Gasteiger charge is -2.36. The molecule has 0 aliphatic rings. The number of hydrogen-bond donors (Lipinski definition) is 1. The van der Waals surface area contributed by atoms with E-state index >= 15 is 0 Å². The number of pyridine rings is 1. The molecule has 2 heterocycles. The number of rotatable bonds is 7. The van der Waals surface area contributed by atoms with E-state index in [0.717, 1.165) is 22.1 Å². The van der Waals surface area contributed by atoms with Crippen molar-refractivity contribution < 1.29 is 9.53 Å². The van der Waals surface area contributed by atoms with E-state index in [1.54, 1.807) is 37.7 Å². The van der Waals surface area contributed by atoms with Crippen LogP contribution in [-0.2, 0) is 5.54 Å². The first kappa shape index (κ1) is 24.1. The van der Waals surface area contributed by atoms with E-state index in [0.29, 0.717) is 22.6 Å². The molecule has 0 saturated carbocycles. The van der Waals surface area contributed by atoms with Gasteiger partial charge in [-0.2, -0.15) is 5.10 Å². The molecule has 0 unspecified atom stereocenters. The molecule has 1 N–H and O–H groups in total. The number of anilines is 1. The second kappa shape index (κ2) is 10.3. The third kappa shape index (κ3) is 4.12. The zero-order valence-electron chi connectivity index (χ0n) is 21.4. The van der Waals surface area contributed by atoms with E-state index in [4.69, 9.17) is 14.8 Å². The molecule has 0 bridgehead atoms. The molecule has 0 radical (unpaired) electrons. The molecule has 6 rings (SSSR count). The van der Waals surface area contributed by atoms with Gasteiger partial charge in [0.1, 0.15) is 11.3 Å². The minimum absolute atomic E-state index is 0.270. The Morgan fingerprint density at radius 3 is 1.85 bits per heavy atom. The smallest absolute Gasteiger partial charge is 0.259 e. The second-order valence-electron chi connectivity index (χ2n) is 9.12. The summed E-state index contributed by atoms with van der Waals surface area (Å²) in [5, 5.41) is 8.73. The molecule has 39 heavy (non-hydrogen) atoms. The Labute approximate surface area is 226 Å². The van der Waals surface area contributed by atoms with Crippen LogP contribution >= 0.6 is 0 Å². The molecule has 6 nitrogen and oxygen atoms in total. The van der Waals surface area contributed by atoms with Gasteiger partial charge in [0.15, 0.2) is 5.65 Å². The van der Waals surface area contributed by atoms with Gasteiger partial charge in [-0.25, -0.2) is 9.67 Å². The molecule has 0 saturated heterocycles. The van der Waals surface area contributed by atoms with E-state index in [2.05, 4.69) is 41.7 Å². The van der Waals surface area contributed by atoms with Crippen molar-refractivity contribution in [3.8, 4) is 5.75 Å². The Morgan fingerprint density at radius 2 is 1.28 bits per heavy atom. The topological polar surface area (TPSA) is 69.0 Å². The summed E-state index contributed by atoms with van der Waals surface area (Å²) in [5.41, 5.74) is 4.01. The van der Waals surface area contributed by atoms with Crippen LogP contribution in [-0.4, -0.2) is 27.8 Å². The minimum Gasteiger partial charge on any atom is -0.496 e. The Hall–Kier alpha value is -5.23. The van der Waals surface area contributed by atoms with Gasteiger partial charge in [-0.15, -0.1) is 0 Å². The molecule has 190 valence electrons. The number of methoxy groups -OCH3 is 1. The van der Waals surface area contributed by atoms with Gasteiger partial charge in [0.25, 0.3) is 5.91 Å². The average molecular weight is 511 g/mol. The van der Waals surface area contributed by atoms with Crippen LogP contribution in [0.4, 0.5) is 5.69 Å². The number of para-hydroxylation sites is 1. The van der Waals surface area contributed by atoms with Crippen LogP contribution in [0.15, 0.2) is 134 Å². The molecule has 0 fully saturated rings. The standard InChI is InChI=1S/C33H26N4O2/c1-39-30-20-12-11-19-27(30)32(38)36-29-21-22-34-31-28(29)23-35-37(31)33(24-13-5-2-6-14-24,25-15-7-3-8-16-25)26-17-9-4-10-18-26/h2-23H,1H3,(H,34,36,38). The van der Waals surface area contributed by atoms with Crippen molar-refractivity contribution in [2.24, 2.45) is 0 Å². The predicted octanol–water partition coefficient (Wildman–Crippen LogP) is 6.53. The zero-order chi connectivity index (χ0) is 26.7. The van der Waals surface area contributed by atoms with Gasteiger partial charge in [0, 0.05) is 6.20 Å². The first-order valence-electron chi connectivity index (χ1n) is 12.7. The Kier molecular flexibility index (Phi) is 6.35. The number of fused-ring (bicyclic) bond motifs is 1. The van der Waals surface area contributed by atoms with Gasteiger partial charge in [-0.3, -0.25) is 4.79 Å². The lowest BCUT2D eigenvalue weighted by atomic mass is 9.77. The van der Waals surface area contributed by atoms with E-state index in [1.165, 1.54) is 0 Å². The first-order chi connectivity index (χ1) is 19.2. The number of aromatic nitrogens is 3. The summed E-state index contributed by atoms with van der Waals surface area (Å²) in [6, 6.07) is 39.9. The Morgan fingerprint density at radius 1 is 0.744 bits per heavy atom. The van der Waals surface area contributed by atoms with Crippen LogP contribution in [0.25, 0.3) is 11.0 Å². The molecule has 4 aromatic carbocycles. The SMILES string of the molecule is COc1ccccc1C(=O)Nc1ccnc2c1cnn2C(c1ccccc1)(c1ccccc1)c1ccccc1. The molecule has 6 heteroatoms. The normalized spacial score (nSPS) is 11.3. The summed E-state index contributed by atoms with van der Waals surface area (Å²) in [5.74, 6) is 0.236. The number of nitrogens with one attached hydrogen (secondary N) is 1. The number of ether oxygens (including phenoxy) is 1. The highest BCUT2D eigenvalue weighted by atomic mass is 16.5. The van der Waals surface area contributed by atoms with E-state index < -0.39 is 5.54 Å². The maximum Gasteiger partial charge on any atom is 0.259 e. The summed E-state index contributed by atoms with van der Waals surface area (Å²) in [6.07, 6.45) is 3.47. The number of nitrogens with zero attached hydrogens (tertiary/aromatic N) is 3. The van der Waals surface area contributed by atoms with Crippen molar-refractivity contribution in [1.29, 1.82) is 0 Å². The highest BCUT2D eigenvalue weighted by molar-refractivity contribution is 6.09. The monoisotopic (exact) mass is 510 g/mol. The molecule has 0 aliphatic heterocycles. The maximum atomic E-state index is 13.3. The van der Waals surface area contributed by atoms with Crippen molar-refractivity contribution in [2.45, 2.75) is 5.54 Å². The van der Waals surface area contributed by atoms with Crippen LogP contribution in [0.2, 0.25) is 0 Å². The summed E-state index contributed by atoms with van der Waals surface area (Å²) in [6.45, 7) is 0. The van der Waals surface area contributed by atoms with Crippen molar-refractivity contribution in [1.82, 2.24) is 14.8 Å². The fourth-order valence-corrected chi connectivity index (χ4v) is 5.21. The van der Waals surface area contributed by atoms with E-state index in [1.807, 2.05) is 71.4 Å². The summed E-state index contributed by atoms with van der Waals surface area (Å²) < 4.78 is 7.36. The highest BCUT2D eigenvalue weighted by Gasteiger charge is 2.40. The lowest BCUT2D eigenvalue weighted by molar-refractivity contribution is 0.102. The Balaban J connectivity index is 1.58. The van der Waals surface area contributed by atoms with Gasteiger partial charge in [-0.05, 0) is 34.9 Å². The highest BCUT2D eigenvalue weighted by Crippen LogP contribution is 2.42. The fraction of sp³-hybridized carbons (Fsp3) is 0.0606. The van der Waals surface area contributed by atoms with Gasteiger partial charge in [0.2, 0.25) is 0 Å². The quantitative estimate of drug-likeness (QED) is 0.248. The van der Waals surface area contributed by atoms with Gasteiger partial charge < -0.3 is 10.1 Å². The van der Waals surface area contributed by atoms with Crippen molar-refractivity contribution in [2.75, 3.05) is 12.4 Å². The summed E-state index contributed by atoms with van der Waals surface area (Å²) >= 11 is 0. The maximum absolute atomic E-state index is 13.3. The molecular formula is C33H26N4O2. The largest absolute Gasteiger partial charge is 0.496 e. The number of carbonyl (C=O) groups is 1. The van der Waals surface area contributed by atoms with Crippen molar-refractivity contribution in [3.63, 3.8) is 0 Å². The van der Waals surface area contributed by atoms with Gasteiger partial charge in [-0.1, -0.05) is 103 Å².